The molecular formula is C11H20N2. The Morgan fingerprint density at radius 2 is 2.00 bits per heavy atom. The molecule has 1 aromatic heterocycles. The number of imidazole rings is 1. The molecule has 2 nitrogen and oxygen atoms in total. The Hall–Kier alpha value is -0.790. The van der Waals surface area contributed by atoms with Gasteiger partial charge in [-0.3, -0.25) is 0 Å². The van der Waals surface area contributed by atoms with E-state index in [0.29, 0.717) is 5.92 Å². The minimum atomic E-state index is 0.602. The Morgan fingerprint density at radius 1 is 1.38 bits per heavy atom. The molecule has 0 radical (unpaired) electrons. The molecule has 0 aliphatic heterocycles. The van der Waals surface area contributed by atoms with Gasteiger partial charge in [0.25, 0.3) is 0 Å². The molecule has 0 N–H and O–H groups in total. The van der Waals surface area contributed by atoms with Crippen LogP contribution in [0.5, 0.6) is 0 Å². The van der Waals surface area contributed by atoms with E-state index in [1.54, 1.807) is 0 Å². The molecule has 1 rings (SSSR count). The Bertz CT molecular complexity index is 287. The maximum atomic E-state index is 4.59. The fraction of sp³-hybridized carbons (Fsp3) is 0.727. The minimum absolute atomic E-state index is 0.602. The smallest absolute Gasteiger partial charge is 0.105 e. The summed E-state index contributed by atoms with van der Waals surface area (Å²) in [7, 11) is 2.08. The summed E-state index contributed by atoms with van der Waals surface area (Å²) < 4.78 is 2.17. The molecule has 0 saturated heterocycles. The molecule has 2 heteroatoms. The van der Waals surface area contributed by atoms with Crippen LogP contribution in [0.3, 0.4) is 0 Å². The molecule has 0 aliphatic carbocycles. The number of aryl methyl sites for hydroxylation is 1. The van der Waals surface area contributed by atoms with Crippen molar-refractivity contribution in [1.29, 1.82) is 0 Å². The van der Waals surface area contributed by atoms with Gasteiger partial charge in [-0.15, -0.1) is 0 Å². The molecular weight excluding hydrogens is 160 g/mol. The van der Waals surface area contributed by atoms with E-state index in [1.165, 1.54) is 24.2 Å². The van der Waals surface area contributed by atoms with Crippen LogP contribution in [-0.2, 0) is 7.05 Å². The lowest BCUT2D eigenvalue weighted by Gasteiger charge is -2.08. The van der Waals surface area contributed by atoms with Gasteiger partial charge >= 0.3 is 0 Å². The minimum Gasteiger partial charge on any atom is -0.335 e. The van der Waals surface area contributed by atoms with E-state index in [4.69, 9.17) is 0 Å². The molecule has 0 fully saturated rings. The largest absolute Gasteiger partial charge is 0.335 e. The molecule has 0 bridgehead atoms. The van der Waals surface area contributed by atoms with Gasteiger partial charge < -0.3 is 4.57 Å². The zero-order valence-electron chi connectivity index (χ0n) is 9.39. The first-order chi connectivity index (χ1) is 6.07. The van der Waals surface area contributed by atoms with Gasteiger partial charge in [-0.1, -0.05) is 20.3 Å². The van der Waals surface area contributed by atoms with E-state index >= 15 is 0 Å². The van der Waals surface area contributed by atoms with Crippen molar-refractivity contribution < 1.29 is 0 Å². The third-order valence-electron chi connectivity index (χ3n) is 2.83. The van der Waals surface area contributed by atoms with E-state index < -0.39 is 0 Å². The molecule has 1 aromatic rings. The summed E-state index contributed by atoms with van der Waals surface area (Å²) in [5.74, 6) is 1.72. The van der Waals surface area contributed by atoms with Crippen LogP contribution in [0.25, 0.3) is 0 Å². The second kappa shape index (κ2) is 3.95. The SMILES string of the molecule is CCCC(C)c1nc(C)n(C)c1C. The van der Waals surface area contributed by atoms with Gasteiger partial charge in [0.15, 0.2) is 0 Å². The van der Waals surface area contributed by atoms with Gasteiger partial charge in [0.1, 0.15) is 5.82 Å². The summed E-state index contributed by atoms with van der Waals surface area (Å²) in [6.07, 6.45) is 2.47. The molecule has 1 unspecified atom stereocenters. The highest BCUT2D eigenvalue weighted by Crippen LogP contribution is 2.22. The zero-order chi connectivity index (χ0) is 10.0. The number of rotatable bonds is 3. The third-order valence-corrected chi connectivity index (χ3v) is 2.83. The Kier molecular flexibility index (Phi) is 3.12. The summed E-state index contributed by atoms with van der Waals surface area (Å²) in [5, 5.41) is 0. The summed E-state index contributed by atoms with van der Waals surface area (Å²) in [6, 6.07) is 0. The van der Waals surface area contributed by atoms with Crippen LogP contribution in [0.1, 0.15) is 49.8 Å². The van der Waals surface area contributed by atoms with Gasteiger partial charge in [0.2, 0.25) is 0 Å². The third kappa shape index (κ3) is 1.93. The lowest BCUT2D eigenvalue weighted by molar-refractivity contribution is 0.644. The highest BCUT2D eigenvalue weighted by molar-refractivity contribution is 5.18. The van der Waals surface area contributed by atoms with Crippen LogP contribution in [-0.4, -0.2) is 9.55 Å². The highest BCUT2D eigenvalue weighted by atomic mass is 15.1. The first-order valence-electron chi connectivity index (χ1n) is 5.07. The van der Waals surface area contributed by atoms with E-state index in [1.807, 2.05) is 0 Å². The van der Waals surface area contributed by atoms with Crippen molar-refractivity contribution in [3.05, 3.63) is 17.2 Å². The number of hydrogen-bond donors (Lipinski definition) is 0. The first kappa shape index (κ1) is 10.3. The number of aromatic nitrogens is 2. The quantitative estimate of drug-likeness (QED) is 0.699. The second-order valence-corrected chi connectivity index (χ2v) is 3.88. The van der Waals surface area contributed by atoms with Crippen molar-refractivity contribution in [3.63, 3.8) is 0 Å². The van der Waals surface area contributed by atoms with E-state index in [9.17, 15) is 0 Å². The maximum Gasteiger partial charge on any atom is 0.105 e. The van der Waals surface area contributed by atoms with Crippen molar-refractivity contribution in [2.75, 3.05) is 0 Å². The highest BCUT2D eigenvalue weighted by Gasteiger charge is 2.13. The summed E-state index contributed by atoms with van der Waals surface area (Å²) in [4.78, 5) is 4.59. The van der Waals surface area contributed by atoms with E-state index in [2.05, 4.69) is 44.3 Å². The van der Waals surface area contributed by atoms with Crippen LogP contribution in [0, 0.1) is 13.8 Å². The molecule has 1 heterocycles. The molecule has 74 valence electrons. The van der Waals surface area contributed by atoms with E-state index in [0.717, 1.165) is 5.82 Å². The fourth-order valence-corrected chi connectivity index (χ4v) is 1.78. The van der Waals surface area contributed by atoms with Gasteiger partial charge in [-0.2, -0.15) is 0 Å². The molecule has 0 spiro atoms. The lowest BCUT2D eigenvalue weighted by Crippen LogP contribution is -1.98. The molecule has 0 amide bonds. The van der Waals surface area contributed by atoms with Gasteiger partial charge in [0.05, 0.1) is 5.69 Å². The van der Waals surface area contributed by atoms with Crippen LogP contribution < -0.4 is 0 Å². The summed E-state index contributed by atoms with van der Waals surface area (Å²) in [5.41, 5.74) is 2.60. The molecule has 1 atom stereocenters. The lowest BCUT2D eigenvalue weighted by atomic mass is 10.0. The normalized spacial score (nSPS) is 13.3. The maximum absolute atomic E-state index is 4.59. The predicted octanol–water partition coefficient (Wildman–Crippen LogP) is 2.94. The van der Waals surface area contributed by atoms with Crippen LogP contribution in [0.4, 0.5) is 0 Å². The standard InChI is InChI=1S/C11H20N2/c1-6-7-8(2)11-9(3)13(5)10(4)12-11/h8H,6-7H2,1-5H3. The van der Waals surface area contributed by atoms with Crippen molar-refractivity contribution in [3.8, 4) is 0 Å². The molecule has 0 aliphatic rings. The van der Waals surface area contributed by atoms with Crippen LogP contribution in [0.15, 0.2) is 0 Å². The topological polar surface area (TPSA) is 17.8 Å². The number of hydrogen-bond acceptors (Lipinski definition) is 1. The van der Waals surface area contributed by atoms with Crippen molar-refractivity contribution >= 4 is 0 Å². The van der Waals surface area contributed by atoms with Crippen molar-refractivity contribution in [2.24, 2.45) is 7.05 Å². The molecule has 0 aromatic carbocycles. The zero-order valence-corrected chi connectivity index (χ0v) is 9.39. The molecule has 13 heavy (non-hydrogen) atoms. The summed E-state index contributed by atoms with van der Waals surface area (Å²) in [6.45, 7) is 8.70. The predicted molar refractivity (Wildman–Crippen MR) is 56.0 cm³/mol. The van der Waals surface area contributed by atoms with Gasteiger partial charge in [-0.25, -0.2) is 4.98 Å². The average molecular weight is 180 g/mol. The molecule has 0 saturated carbocycles. The Morgan fingerprint density at radius 3 is 2.38 bits per heavy atom. The summed E-state index contributed by atoms with van der Waals surface area (Å²) >= 11 is 0. The fourth-order valence-electron chi connectivity index (χ4n) is 1.78. The first-order valence-corrected chi connectivity index (χ1v) is 5.07. The van der Waals surface area contributed by atoms with Crippen molar-refractivity contribution in [2.45, 2.75) is 46.5 Å². The van der Waals surface area contributed by atoms with E-state index in [-0.39, 0.29) is 0 Å². The van der Waals surface area contributed by atoms with Gasteiger partial charge in [-0.05, 0) is 20.3 Å². The van der Waals surface area contributed by atoms with Gasteiger partial charge in [0, 0.05) is 18.7 Å². The number of nitrogens with zero attached hydrogens (tertiary/aromatic N) is 2. The Balaban J connectivity index is 2.94. The van der Waals surface area contributed by atoms with Crippen LogP contribution >= 0.6 is 0 Å². The average Bonchev–Trinajstić information content (AvgIpc) is 2.33. The monoisotopic (exact) mass is 180 g/mol. The van der Waals surface area contributed by atoms with Crippen LogP contribution in [0.2, 0.25) is 0 Å². The Labute approximate surface area is 81.0 Å². The van der Waals surface area contributed by atoms with Crippen molar-refractivity contribution in [1.82, 2.24) is 9.55 Å². The second-order valence-electron chi connectivity index (χ2n) is 3.88.